The van der Waals surface area contributed by atoms with E-state index in [1.54, 1.807) is 0 Å². The lowest BCUT2D eigenvalue weighted by Crippen LogP contribution is -2.42. The molecule has 0 radical (unpaired) electrons. The van der Waals surface area contributed by atoms with Crippen molar-refractivity contribution in [2.75, 3.05) is 0 Å². The van der Waals surface area contributed by atoms with E-state index in [1.165, 1.54) is 12.0 Å². The Balaban J connectivity index is 2.94. The van der Waals surface area contributed by atoms with Gasteiger partial charge in [0.05, 0.1) is 5.60 Å². The summed E-state index contributed by atoms with van der Waals surface area (Å²) in [6.45, 7) is 10.0. The largest absolute Gasteiger partial charge is 0.385 e. The molecule has 0 aromatic carbocycles. The highest BCUT2D eigenvalue weighted by atomic mass is 16.3. The third-order valence-corrected chi connectivity index (χ3v) is 3.62. The highest BCUT2D eigenvalue weighted by molar-refractivity contribution is 5.21. The van der Waals surface area contributed by atoms with Gasteiger partial charge < -0.3 is 5.11 Å². The lowest BCUT2D eigenvalue weighted by atomic mass is 9.69. The van der Waals surface area contributed by atoms with Crippen molar-refractivity contribution >= 4 is 0 Å². The van der Waals surface area contributed by atoms with Crippen molar-refractivity contribution in [1.29, 1.82) is 0 Å². The summed E-state index contributed by atoms with van der Waals surface area (Å²) in [6, 6.07) is 0. The number of hydrogen-bond donors (Lipinski definition) is 1. The van der Waals surface area contributed by atoms with Crippen LogP contribution in [0.5, 0.6) is 0 Å². The van der Waals surface area contributed by atoms with Gasteiger partial charge in [-0.1, -0.05) is 31.1 Å². The van der Waals surface area contributed by atoms with E-state index in [2.05, 4.69) is 19.6 Å². The summed E-state index contributed by atoms with van der Waals surface area (Å²) < 4.78 is 0. The number of hydrogen-bond acceptors (Lipinski definition) is 1. The highest BCUT2D eigenvalue weighted by Gasteiger charge is 2.39. The van der Waals surface area contributed by atoms with Crippen molar-refractivity contribution in [1.82, 2.24) is 0 Å². The van der Waals surface area contributed by atoms with E-state index in [0.717, 1.165) is 24.8 Å². The molecule has 0 saturated heterocycles. The van der Waals surface area contributed by atoms with Gasteiger partial charge in [0.1, 0.15) is 0 Å². The minimum atomic E-state index is -0.644. The Kier molecular flexibility index (Phi) is 3.54. The van der Waals surface area contributed by atoms with E-state index in [0.29, 0.717) is 5.92 Å². The first-order chi connectivity index (χ1) is 6.52. The molecule has 0 aromatic heterocycles. The summed E-state index contributed by atoms with van der Waals surface area (Å²) in [6.07, 6.45) is 6.43. The molecular weight excluding hydrogens is 172 g/mol. The van der Waals surface area contributed by atoms with Crippen LogP contribution in [0.3, 0.4) is 0 Å². The maximum Gasteiger partial charge on any atom is 0.0916 e. The van der Waals surface area contributed by atoms with Crippen LogP contribution in [0.1, 0.15) is 46.5 Å². The van der Waals surface area contributed by atoms with Crippen LogP contribution in [0.15, 0.2) is 23.8 Å². The first-order valence-electron chi connectivity index (χ1n) is 5.53. The average molecular weight is 194 g/mol. The molecule has 0 aromatic rings. The standard InChI is InChI=1S/C13H22O/c1-5-11(4)12-8-6-7-9-13(12,14)10(2)3/h5,12,14H,2,6-9H2,1,3-4H3/b11-5+. The summed E-state index contributed by atoms with van der Waals surface area (Å²) >= 11 is 0. The van der Waals surface area contributed by atoms with Crippen molar-refractivity contribution < 1.29 is 5.11 Å². The molecular formula is C13H22O. The van der Waals surface area contributed by atoms with Gasteiger partial charge in [-0.3, -0.25) is 0 Å². The molecule has 0 spiro atoms. The van der Waals surface area contributed by atoms with Crippen LogP contribution in [-0.2, 0) is 0 Å². The second-order valence-corrected chi connectivity index (χ2v) is 4.54. The summed E-state index contributed by atoms with van der Waals surface area (Å²) in [5.41, 5.74) is 1.58. The molecule has 1 N–H and O–H groups in total. The molecule has 1 rings (SSSR count). The Hall–Kier alpha value is -0.560. The topological polar surface area (TPSA) is 20.2 Å². The predicted molar refractivity (Wildman–Crippen MR) is 61.2 cm³/mol. The van der Waals surface area contributed by atoms with E-state index in [9.17, 15) is 5.11 Å². The molecule has 1 aliphatic carbocycles. The quantitative estimate of drug-likeness (QED) is 0.667. The Morgan fingerprint density at radius 1 is 1.43 bits per heavy atom. The third kappa shape index (κ3) is 1.93. The molecule has 80 valence electrons. The van der Waals surface area contributed by atoms with Crippen molar-refractivity contribution in [3.63, 3.8) is 0 Å². The first-order valence-corrected chi connectivity index (χ1v) is 5.53. The minimum Gasteiger partial charge on any atom is -0.385 e. The van der Waals surface area contributed by atoms with Gasteiger partial charge in [0.2, 0.25) is 0 Å². The van der Waals surface area contributed by atoms with Gasteiger partial charge in [-0.2, -0.15) is 0 Å². The van der Waals surface area contributed by atoms with Crippen LogP contribution in [0.4, 0.5) is 0 Å². The second-order valence-electron chi connectivity index (χ2n) is 4.54. The second kappa shape index (κ2) is 4.31. The smallest absolute Gasteiger partial charge is 0.0916 e. The minimum absolute atomic E-state index is 0.291. The molecule has 1 aliphatic rings. The van der Waals surface area contributed by atoms with E-state index in [-0.39, 0.29) is 0 Å². The molecule has 0 aliphatic heterocycles. The van der Waals surface area contributed by atoms with Crippen molar-refractivity contribution in [3.8, 4) is 0 Å². The highest BCUT2D eigenvalue weighted by Crippen LogP contribution is 2.41. The first kappa shape index (κ1) is 11.5. The fourth-order valence-corrected chi connectivity index (χ4v) is 2.47. The van der Waals surface area contributed by atoms with Crippen molar-refractivity contribution in [2.24, 2.45) is 5.92 Å². The lowest BCUT2D eigenvalue weighted by Gasteiger charge is -2.41. The lowest BCUT2D eigenvalue weighted by molar-refractivity contribution is 0.000400. The summed E-state index contributed by atoms with van der Waals surface area (Å²) in [4.78, 5) is 0. The third-order valence-electron chi connectivity index (χ3n) is 3.62. The van der Waals surface area contributed by atoms with E-state index in [1.807, 2.05) is 13.8 Å². The number of allylic oxidation sites excluding steroid dienone is 1. The van der Waals surface area contributed by atoms with Crippen LogP contribution >= 0.6 is 0 Å². The zero-order chi connectivity index (χ0) is 10.8. The Morgan fingerprint density at radius 2 is 2.07 bits per heavy atom. The Morgan fingerprint density at radius 3 is 2.57 bits per heavy atom. The maximum atomic E-state index is 10.6. The molecule has 1 heteroatoms. The summed E-state index contributed by atoms with van der Waals surface area (Å²) in [5.74, 6) is 0.291. The molecule has 2 unspecified atom stereocenters. The van der Waals surface area contributed by atoms with Gasteiger partial charge >= 0.3 is 0 Å². The monoisotopic (exact) mass is 194 g/mol. The molecule has 1 fully saturated rings. The van der Waals surface area contributed by atoms with E-state index < -0.39 is 5.60 Å². The van der Waals surface area contributed by atoms with Crippen LogP contribution < -0.4 is 0 Å². The molecule has 0 amide bonds. The SMILES string of the molecule is C=C(C)C1(O)CCCCC1/C(C)=C/C. The predicted octanol–water partition coefficient (Wildman–Crippen LogP) is 3.45. The Labute approximate surface area is 87.5 Å². The van der Waals surface area contributed by atoms with Gasteiger partial charge in [0.15, 0.2) is 0 Å². The normalized spacial score (nSPS) is 34.3. The Bertz CT molecular complexity index is 252. The molecule has 14 heavy (non-hydrogen) atoms. The van der Waals surface area contributed by atoms with Crippen LogP contribution in [0.25, 0.3) is 0 Å². The van der Waals surface area contributed by atoms with Crippen LogP contribution in [0, 0.1) is 5.92 Å². The van der Waals surface area contributed by atoms with Gasteiger partial charge in [-0.15, -0.1) is 0 Å². The van der Waals surface area contributed by atoms with Gasteiger partial charge in [0.25, 0.3) is 0 Å². The average Bonchev–Trinajstić information content (AvgIpc) is 2.17. The number of rotatable bonds is 2. The maximum absolute atomic E-state index is 10.6. The molecule has 1 saturated carbocycles. The van der Waals surface area contributed by atoms with Crippen LogP contribution in [0.2, 0.25) is 0 Å². The van der Waals surface area contributed by atoms with E-state index in [4.69, 9.17) is 0 Å². The fraction of sp³-hybridized carbons (Fsp3) is 0.692. The molecule has 0 heterocycles. The molecule has 0 bridgehead atoms. The van der Waals surface area contributed by atoms with Gasteiger partial charge in [-0.25, -0.2) is 0 Å². The summed E-state index contributed by atoms with van der Waals surface area (Å²) in [5, 5.41) is 10.6. The fourth-order valence-electron chi connectivity index (χ4n) is 2.47. The zero-order valence-corrected chi connectivity index (χ0v) is 9.64. The van der Waals surface area contributed by atoms with E-state index >= 15 is 0 Å². The zero-order valence-electron chi connectivity index (χ0n) is 9.64. The van der Waals surface area contributed by atoms with Gasteiger partial charge in [0, 0.05) is 5.92 Å². The van der Waals surface area contributed by atoms with Gasteiger partial charge in [-0.05, 0) is 39.2 Å². The molecule has 1 nitrogen and oxygen atoms in total. The summed E-state index contributed by atoms with van der Waals surface area (Å²) in [7, 11) is 0. The van der Waals surface area contributed by atoms with Crippen molar-refractivity contribution in [2.45, 2.75) is 52.1 Å². The number of aliphatic hydroxyl groups is 1. The molecule has 2 atom stereocenters. The van der Waals surface area contributed by atoms with Crippen molar-refractivity contribution in [3.05, 3.63) is 23.8 Å². The van der Waals surface area contributed by atoms with Crippen LogP contribution in [-0.4, -0.2) is 10.7 Å².